The number of benzene rings is 2. The van der Waals surface area contributed by atoms with Crippen LogP contribution in [0.2, 0.25) is 0 Å². The molecule has 156 valence electrons. The van der Waals surface area contributed by atoms with E-state index in [1.165, 1.54) is 49.4 Å². The van der Waals surface area contributed by atoms with Crippen LogP contribution in [0.1, 0.15) is 80.3 Å². The normalized spacial score (nSPS) is 12.0. The van der Waals surface area contributed by atoms with Crippen molar-refractivity contribution in [2.75, 3.05) is 0 Å². The molecule has 2 nitrogen and oxygen atoms in total. The van der Waals surface area contributed by atoms with Gasteiger partial charge in [0.15, 0.2) is 5.83 Å². The van der Waals surface area contributed by atoms with Crippen molar-refractivity contribution < 1.29 is 18.7 Å². The Morgan fingerprint density at radius 3 is 2.21 bits per heavy atom. The Balaban J connectivity index is 2.26. The second-order valence-corrected chi connectivity index (χ2v) is 7.40. The van der Waals surface area contributed by atoms with Crippen molar-refractivity contribution in [2.45, 2.75) is 65.2 Å². The summed E-state index contributed by atoms with van der Waals surface area (Å²) in [6, 6.07) is 11.8. The summed E-state index contributed by atoms with van der Waals surface area (Å²) < 4.78 is 28.3. The lowest BCUT2D eigenvalue weighted by molar-refractivity contribution is 0.0697. The van der Waals surface area contributed by atoms with E-state index in [9.17, 15) is 18.7 Å². The van der Waals surface area contributed by atoms with Crippen LogP contribution in [-0.2, 0) is 6.42 Å². The van der Waals surface area contributed by atoms with Gasteiger partial charge < -0.3 is 5.11 Å². The fourth-order valence-corrected chi connectivity index (χ4v) is 3.38. The molecule has 0 aliphatic rings. The average Bonchev–Trinajstić information content (AvgIpc) is 2.73. The molecule has 2 rings (SSSR count). The first-order valence-electron chi connectivity index (χ1n) is 10.5. The lowest BCUT2D eigenvalue weighted by Gasteiger charge is -2.10. The largest absolute Gasteiger partial charge is 0.478 e. The summed E-state index contributed by atoms with van der Waals surface area (Å²) in [5, 5.41) is 9.51. The molecule has 0 bridgehead atoms. The smallest absolute Gasteiger partial charge is 0.336 e. The van der Waals surface area contributed by atoms with Crippen LogP contribution in [0.25, 0.3) is 17.0 Å². The van der Waals surface area contributed by atoms with Crippen molar-refractivity contribution in [1.29, 1.82) is 0 Å². The predicted octanol–water partition coefficient (Wildman–Crippen LogP) is 7.97. The number of hydrogen-bond acceptors (Lipinski definition) is 1. The first-order chi connectivity index (χ1) is 14.0. The molecule has 0 unspecified atom stereocenters. The number of unbranched alkanes of at least 4 members (excludes halogenated alkanes) is 4. The molecule has 0 amide bonds. The molecule has 0 aliphatic carbocycles. The molecule has 0 aliphatic heterocycles. The van der Waals surface area contributed by atoms with Crippen LogP contribution in [0.4, 0.5) is 8.78 Å². The Morgan fingerprint density at radius 2 is 1.59 bits per heavy atom. The Bertz CT molecular complexity index is 838. The van der Waals surface area contributed by atoms with Crippen molar-refractivity contribution >= 4 is 11.8 Å². The van der Waals surface area contributed by atoms with Crippen LogP contribution in [0, 0.1) is 0 Å². The molecule has 2 aromatic rings. The molecule has 2 aromatic carbocycles. The topological polar surface area (TPSA) is 37.3 Å². The molecule has 0 heterocycles. The van der Waals surface area contributed by atoms with Gasteiger partial charge in [0.05, 0.1) is 5.56 Å². The van der Waals surface area contributed by atoms with Crippen molar-refractivity contribution in [3.05, 3.63) is 65.0 Å². The van der Waals surface area contributed by atoms with Gasteiger partial charge in [-0.2, -0.15) is 0 Å². The van der Waals surface area contributed by atoms with Crippen LogP contribution in [0.3, 0.4) is 0 Å². The predicted molar refractivity (Wildman–Crippen MR) is 115 cm³/mol. The lowest BCUT2D eigenvalue weighted by Crippen LogP contribution is -2.00. The van der Waals surface area contributed by atoms with Gasteiger partial charge in [-0.25, -0.2) is 13.6 Å². The minimum absolute atomic E-state index is 0.0226. The monoisotopic (exact) mass is 400 g/mol. The van der Waals surface area contributed by atoms with Gasteiger partial charge in [-0.05, 0) is 48.1 Å². The third-order valence-electron chi connectivity index (χ3n) is 5.05. The highest BCUT2D eigenvalue weighted by molar-refractivity contribution is 5.96. The summed E-state index contributed by atoms with van der Waals surface area (Å²) in [5.41, 5.74) is 2.41. The Labute approximate surface area is 172 Å². The van der Waals surface area contributed by atoms with Gasteiger partial charge in [-0.1, -0.05) is 69.9 Å². The number of aryl methyl sites for hydroxylation is 1. The highest BCUT2D eigenvalue weighted by atomic mass is 19.2. The maximum Gasteiger partial charge on any atom is 0.336 e. The second kappa shape index (κ2) is 11.5. The van der Waals surface area contributed by atoms with Crippen molar-refractivity contribution in [3.8, 4) is 11.1 Å². The molecule has 0 fully saturated rings. The summed E-state index contributed by atoms with van der Waals surface area (Å²) in [7, 11) is 0. The fraction of sp³-hybridized carbons (Fsp3) is 0.400. The van der Waals surface area contributed by atoms with E-state index < -0.39 is 17.6 Å². The van der Waals surface area contributed by atoms with E-state index in [0.717, 1.165) is 12.8 Å². The zero-order valence-corrected chi connectivity index (χ0v) is 17.3. The molecule has 0 saturated carbocycles. The highest BCUT2D eigenvalue weighted by Gasteiger charge is 2.16. The van der Waals surface area contributed by atoms with Gasteiger partial charge in [-0.15, -0.1) is 0 Å². The molecule has 29 heavy (non-hydrogen) atoms. The summed E-state index contributed by atoms with van der Waals surface area (Å²) in [6.45, 7) is 3.97. The number of aromatic carboxylic acids is 1. The first kappa shape index (κ1) is 22.8. The molecule has 0 atom stereocenters. The van der Waals surface area contributed by atoms with E-state index >= 15 is 0 Å². The van der Waals surface area contributed by atoms with E-state index in [2.05, 4.69) is 6.92 Å². The fourth-order valence-electron chi connectivity index (χ4n) is 3.38. The number of carboxylic acids is 1. The number of halogens is 2. The van der Waals surface area contributed by atoms with E-state index in [0.29, 0.717) is 17.5 Å². The summed E-state index contributed by atoms with van der Waals surface area (Å²) in [4.78, 5) is 11.6. The third kappa shape index (κ3) is 6.52. The van der Waals surface area contributed by atoms with Crippen molar-refractivity contribution in [2.24, 2.45) is 0 Å². The van der Waals surface area contributed by atoms with Gasteiger partial charge in [0, 0.05) is 12.0 Å². The molecule has 0 radical (unpaired) electrons. The minimum Gasteiger partial charge on any atom is -0.478 e. The second-order valence-electron chi connectivity index (χ2n) is 7.40. The molecular weight excluding hydrogens is 370 g/mol. The maximum absolute atomic E-state index is 14.4. The van der Waals surface area contributed by atoms with Gasteiger partial charge >= 0.3 is 5.97 Å². The molecule has 0 saturated heterocycles. The molecule has 0 aromatic heterocycles. The summed E-state index contributed by atoms with van der Waals surface area (Å²) in [6.07, 6.45) is 7.56. The number of hydrogen-bond donors (Lipinski definition) is 1. The maximum atomic E-state index is 14.4. The lowest BCUT2D eigenvalue weighted by atomic mass is 9.95. The van der Waals surface area contributed by atoms with E-state index in [-0.39, 0.29) is 17.5 Å². The molecular formula is C25H30F2O2. The van der Waals surface area contributed by atoms with Crippen molar-refractivity contribution in [3.63, 3.8) is 0 Å². The quantitative estimate of drug-likeness (QED) is 0.388. The van der Waals surface area contributed by atoms with Gasteiger partial charge in [0.2, 0.25) is 0 Å². The number of carbonyl (C=O) groups is 1. The number of carboxylic acid groups (broad SMARTS) is 1. The average molecular weight is 401 g/mol. The van der Waals surface area contributed by atoms with Gasteiger partial charge in [-0.3, -0.25) is 0 Å². The number of allylic oxidation sites excluding steroid dienone is 1. The Morgan fingerprint density at radius 1 is 0.897 bits per heavy atom. The van der Waals surface area contributed by atoms with Gasteiger partial charge in [0.25, 0.3) is 0 Å². The first-order valence-corrected chi connectivity index (χ1v) is 10.5. The van der Waals surface area contributed by atoms with Crippen LogP contribution in [0.5, 0.6) is 0 Å². The van der Waals surface area contributed by atoms with E-state index in [1.54, 1.807) is 6.92 Å². The zero-order valence-electron chi connectivity index (χ0n) is 17.3. The Hall–Kier alpha value is -2.49. The van der Waals surface area contributed by atoms with Crippen LogP contribution in [-0.4, -0.2) is 11.1 Å². The zero-order chi connectivity index (χ0) is 21.2. The molecule has 1 N–H and O–H groups in total. The van der Waals surface area contributed by atoms with E-state index in [4.69, 9.17) is 0 Å². The standard InChI is InChI=1S/C25H30F2O2/c1-3-5-6-7-8-10-18-11-13-19(14-12-18)22-17-20(15-16-21(22)25(28)29)24(27)23(26)9-4-2/h11-17H,3-10H2,1-2H3,(H,28,29). The minimum atomic E-state index is -1.09. The van der Waals surface area contributed by atoms with Crippen LogP contribution < -0.4 is 0 Å². The SMILES string of the molecule is CCCCCCCc1ccc(-c2cc(C(F)=C(F)CCC)ccc2C(=O)O)cc1. The van der Waals surface area contributed by atoms with Gasteiger partial charge in [0.1, 0.15) is 5.83 Å². The summed E-state index contributed by atoms with van der Waals surface area (Å²) >= 11 is 0. The van der Waals surface area contributed by atoms with E-state index in [1.807, 2.05) is 24.3 Å². The van der Waals surface area contributed by atoms with Crippen LogP contribution in [0.15, 0.2) is 48.3 Å². The summed E-state index contributed by atoms with van der Waals surface area (Å²) in [5.74, 6) is -2.82. The van der Waals surface area contributed by atoms with Crippen molar-refractivity contribution in [1.82, 2.24) is 0 Å². The van der Waals surface area contributed by atoms with Crippen LogP contribution >= 0.6 is 0 Å². The third-order valence-corrected chi connectivity index (χ3v) is 5.05. The molecule has 4 heteroatoms. The molecule has 0 spiro atoms. The number of rotatable bonds is 11. The highest BCUT2D eigenvalue weighted by Crippen LogP contribution is 2.31. The Kier molecular flexibility index (Phi) is 9.04.